The average Bonchev–Trinajstić information content (AvgIpc) is 2.64. The van der Waals surface area contributed by atoms with Gasteiger partial charge in [0, 0.05) is 0 Å². The molecular formula is C24H20. The molecule has 0 saturated carbocycles. The van der Waals surface area contributed by atoms with Gasteiger partial charge in [-0.05, 0) is 51.6 Å². The molecule has 3 aromatic rings. The summed E-state index contributed by atoms with van der Waals surface area (Å²) >= 11 is 0. The van der Waals surface area contributed by atoms with E-state index in [4.69, 9.17) is 0 Å². The molecule has 116 valence electrons. The van der Waals surface area contributed by atoms with E-state index in [9.17, 15) is 0 Å². The number of rotatable bonds is 1. The highest BCUT2D eigenvalue weighted by Gasteiger charge is 2.10. The van der Waals surface area contributed by atoms with Crippen LogP contribution in [0.25, 0.3) is 27.1 Å². The molecule has 0 unspecified atom stereocenters. The Balaban J connectivity index is 2.01. The number of benzene rings is 3. The Bertz CT molecular complexity index is 943. The average molecular weight is 308 g/mol. The number of hydrogen-bond acceptors (Lipinski definition) is 0. The number of allylic oxidation sites excluding steroid dienone is 8. The molecule has 1 aliphatic rings. The zero-order valence-corrected chi connectivity index (χ0v) is 13.7. The maximum absolute atomic E-state index is 2.29. The van der Waals surface area contributed by atoms with Gasteiger partial charge in [0.1, 0.15) is 0 Å². The molecule has 0 atom stereocenters. The molecule has 24 heavy (non-hydrogen) atoms. The van der Waals surface area contributed by atoms with E-state index in [1.54, 1.807) is 0 Å². The van der Waals surface area contributed by atoms with Crippen molar-refractivity contribution in [2.75, 3.05) is 0 Å². The molecular weight excluding hydrogens is 288 g/mol. The standard InChI is InChI=1S/C24H20/c1-2-4-6-12-19(13-7-5-3-1)24-22-16-10-8-14-20(22)18-21-15-9-11-17-23(21)24/h1-2,4-11,13-18H,3,12H2/b2-1-,6-4-,7-5-,19-13+. The van der Waals surface area contributed by atoms with Gasteiger partial charge in [0.05, 0.1) is 0 Å². The maximum atomic E-state index is 2.29. The molecule has 4 rings (SSSR count). The highest BCUT2D eigenvalue weighted by atomic mass is 14.1. The minimum atomic E-state index is 0.937. The van der Waals surface area contributed by atoms with Crippen molar-refractivity contribution in [1.82, 2.24) is 0 Å². The molecule has 0 aromatic heterocycles. The Kier molecular flexibility index (Phi) is 4.12. The molecule has 0 heteroatoms. The number of fused-ring (bicyclic) bond motifs is 2. The van der Waals surface area contributed by atoms with Crippen molar-refractivity contribution >= 4 is 27.1 Å². The Morgan fingerprint density at radius 3 is 2.00 bits per heavy atom. The first-order valence-electron chi connectivity index (χ1n) is 8.52. The predicted molar refractivity (Wildman–Crippen MR) is 106 cm³/mol. The maximum Gasteiger partial charge on any atom is -0.00641 e. The lowest BCUT2D eigenvalue weighted by molar-refractivity contribution is 1.36. The van der Waals surface area contributed by atoms with E-state index < -0.39 is 0 Å². The van der Waals surface area contributed by atoms with E-state index in [1.807, 2.05) is 0 Å². The van der Waals surface area contributed by atoms with Crippen LogP contribution in [0.3, 0.4) is 0 Å². The van der Waals surface area contributed by atoms with Crippen LogP contribution in [0.1, 0.15) is 18.4 Å². The van der Waals surface area contributed by atoms with Crippen molar-refractivity contribution < 1.29 is 0 Å². The van der Waals surface area contributed by atoms with Crippen molar-refractivity contribution in [2.45, 2.75) is 12.8 Å². The summed E-state index contributed by atoms with van der Waals surface area (Å²) in [6.45, 7) is 0. The van der Waals surface area contributed by atoms with Gasteiger partial charge in [0.2, 0.25) is 0 Å². The second kappa shape index (κ2) is 6.72. The minimum Gasteiger partial charge on any atom is -0.0808 e. The molecule has 0 heterocycles. The molecule has 0 amide bonds. The summed E-state index contributed by atoms with van der Waals surface area (Å²) in [6.07, 6.45) is 17.3. The van der Waals surface area contributed by atoms with Crippen LogP contribution in [0.4, 0.5) is 0 Å². The largest absolute Gasteiger partial charge is 0.0808 e. The molecule has 3 aromatic carbocycles. The van der Waals surface area contributed by atoms with Crippen molar-refractivity contribution in [3.63, 3.8) is 0 Å². The Hall–Kier alpha value is -2.86. The van der Waals surface area contributed by atoms with Gasteiger partial charge in [-0.2, -0.15) is 0 Å². The van der Waals surface area contributed by atoms with Gasteiger partial charge in [-0.15, -0.1) is 0 Å². The van der Waals surface area contributed by atoms with Crippen LogP contribution in [-0.2, 0) is 0 Å². The fraction of sp³-hybridized carbons (Fsp3) is 0.0833. The number of hydrogen-bond donors (Lipinski definition) is 0. The second-order valence-corrected chi connectivity index (χ2v) is 6.11. The summed E-state index contributed by atoms with van der Waals surface area (Å²) in [6, 6.07) is 19.7. The predicted octanol–water partition coefficient (Wildman–Crippen LogP) is 6.84. The quantitative estimate of drug-likeness (QED) is 0.432. The third-order valence-electron chi connectivity index (χ3n) is 4.52. The summed E-state index contributed by atoms with van der Waals surface area (Å²) in [4.78, 5) is 0. The zero-order chi connectivity index (χ0) is 16.2. The first kappa shape index (κ1) is 14.7. The summed E-state index contributed by atoms with van der Waals surface area (Å²) in [7, 11) is 0. The molecule has 0 nitrogen and oxygen atoms in total. The lowest BCUT2D eigenvalue weighted by Crippen LogP contribution is -1.90. The Morgan fingerprint density at radius 1 is 0.625 bits per heavy atom. The smallest absolute Gasteiger partial charge is 0.00641 e. The Labute approximate surface area is 143 Å². The first-order chi connectivity index (χ1) is 11.9. The first-order valence-corrected chi connectivity index (χ1v) is 8.52. The van der Waals surface area contributed by atoms with E-state index >= 15 is 0 Å². The SMILES string of the molecule is C1=C\C/C=C\C=C(\c2c3ccccc3cc3ccccc23)C\C=C/1. The molecule has 0 N–H and O–H groups in total. The third kappa shape index (κ3) is 2.83. The fourth-order valence-electron chi connectivity index (χ4n) is 3.39. The topological polar surface area (TPSA) is 0 Å². The highest BCUT2D eigenvalue weighted by Crippen LogP contribution is 2.35. The molecule has 0 radical (unpaired) electrons. The van der Waals surface area contributed by atoms with E-state index in [-0.39, 0.29) is 0 Å². The lowest BCUT2D eigenvalue weighted by Gasteiger charge is -2.14. The Morgan fingerprint density at radius 2 is 1.25 bits per heavy atom. The van der Waals surface area contributed by atoms with E-state index in [0.29, 0.717) is 0 Å². The molecule has 0 saturated heterocycles. The molecule has 0 spiro atoms. The summed E-state index contributed by atoms with van der Waals surface area (Å²) in [5.41, 5.74) is 2.73. The van der Waals surface area contributed by atoms with Crippen molar-refractivity contribution in [3.8, 4) is 0 Å². The van der Waals surface area contributed by atoms with Crippen LogP contribution < -0.4 is 0 Å². The zero-order valence-electron chi connectivity index (χ0n) is 13.7. The van der Waals surface area contributed by atoms with E-state index in [2.05, 4.69) is 97.1 Å². The lowest BCUT2D eigenvalue weighted by atomic mass is 9.90. The molecule has 1 aliphatic carbocycles. The highest BCUT2D eigenvalue weighted by molar-refractivity contribution is 6.09. The fourth-order valence-corrected chi connectivity index (χ4v) is 3.39. The van der Waals surface area contributed by atoms with Gasteiger partial charge in [-0.1, -0.05) is 91.1 Å². The van der Waals surface area contributed by atoms with Crippen LogP contribution in [0, 0.1) is 0 Å². The molecule has 0 aliphatic heterocycles. The van der Waals surface area contributed by atoms with Gasteiger partial charge in [-0.25, -0.2) is 0 Å². The summed E-state index contributed by atoms with van der Waals surface area (Å²) in [5, 5.41) is 5.27. The van der Waals surface area contributed by atoms with Crippen LogP contribution in [0.2, 0.25) is 0 Å². The monoisotopic (exact) mass is 308 g/mol. The van der Waals surface area contributed by atoms with Gasteiger partial charge in [0.15, 0.2) is 0 Å². The van der Waals surface area contributed by atoms with Gasteiger partial charge in [-0.3, -0.25) is 0 Å². The minimum absolute atomic E-state index is 0.937. The van der Waals surface area contributed by atoms with Crippen molar-refractivity contribution in [1.29, 1.82) is 0 Å². The third-order valence-corrected chi connectivity index (χ3v) is 4.52. The van der Waals surface area contributed by atoms with E-state index in [0.717, 1.165) is 12.8 Å². The van der Waals surface area contributed by atoms with E-state index in [1.165, 1.54) is 32.7 Å². The van der Waals surface area contributed by atoms with Crippen LogP contribution in [-0.4, -0.2) is 0 Å². The van der Waals surface area contributed by atoms with Crippen LogP contribution >= 0.6 is 0 Å². The second-order valence-electron chi connectivity index (χ2n) is 6.11. The van der Waals surface area contributed by atoms with Gasteiger partial charge in [0.25, 0.3) is 0 Å². The molecule has 0 bridgehead atoms. The molecule has 0 fully saturated rings. The van der Waals surface area contributed by atoms with Crippen LogP contribution in [0.15, 0.2) is 97.1 Å². The van der Waals surface area contributed by atoms with Crippen molar-refractivity contribution in [3.05, 3.63) is 103 Å². The van der Waals surface area contributed by atoms with Crippen LogP contribution in [0.5, 0.6) is 0 Å². The van der Waals surface area contributed by atoms with Gasteiger partial charge < -0.3 is 0 Å². The van der Waals surface area contributed by atoms with Crippen molar-refractivity contribution in [2.24, 2.45) is 0 Å². The summed E-state index contributed by atoms with van der Waals surface area (Å²) in [5.74, 6) is 0. The van der Waals surface area contributed by atoms with Gasteiger partial charge >= 0.3 is 0 Å². The normalized spacial score (nSPS) is 21.1. The summed E-state index contributed by atoms with van der Waals surface area (Å²) < 4.78 is 0.